The number of ether oxygens (including phenoxy) is 2. The Kier molecular flexibility index (Phi) is 4.14. The Labute approximate surface area is 135 Å². The van der Waals surface area contributed by atoms with Gasteiger partial charge in [0.25, 0.3) is 0 Å². The Morgan fingerprint density at radius 2 is 2.22 bits per heavy atom. The summed E-state index contributed by atoms with van der Waals surface area (Å²) < 4.78 is 10.5. The van der Waals surface area contributed by atoms with Crippen LogP contribution < -0.4 is 14.5 Å². The van der Waals surface area contributed by atoms with Gasteiger partial charge in [-0.3, -0.25) is 0 Å². The maximum atomic E-state index is 11.5. The topological polar surface area (TPSA) is 57.8 Å². The van der Waals surface area contributed by atoms with E-state index in [1.807, 2.05) is 26.4 Å². The van der Waals surface area contributed by atoms with Gasteiger partial charge in [0.15, 0.2) is 0 Å². The summed E-state index contributed by atoms with van der Waals surface area (Å²) in [6.45, 7) is 2.18. The maximum Gasteiger partial charge on any atom is 0.354 e. The molecule has 3 rings (SSSR count). The third kappa shape index (κ3) is 3.11. The molecule has 0 unspecified atom stereocenters. The molecule has 0 aliphatic carbocycles. The monoisotopic (exact) mass is 315 g/mol. The average Bonchev–Trinajstić information content (AvgIpc) is 3.02. The number of nitrogens with zero attached hydrogens (tertiary/aromatic N) is 2. The first-order valence-electron chi connectivity index (χ1n) is 7.53. The number of hydrogen-bond donors (Lipinski definition) is 1. The van der Waals surface area contributed by atoms with Crippen molar-refractivity contribution in [2.24, 2.45) is 0 Å². The van der Waals surface area contributed by atoms with Crippen molar-refractivity contribution in [1.29, 1.82) is 0 Å². The highest BCUT2D eigenvalue weighted by atomic mass is 16.5. The summed E-state index contributed by atoms with van der Waals surface area (Å²) in [5.74, 6) is 0.542. The van der Waals surface area contributed by atoms with Gasteiger partial charge in [-0.25, -0.2) is 4.79 Å². The number of fused-ring (bicyclic) bond motifs is 1. The van der Waals surface area contributed by atoms with E-state index in [2.05, 4.69) is 33.0 Å². The van der Waals surface area contributed by atoms with Crippen LogP contribution in [0.15, 0.2) is 30.5 Å². The van der Waals surface area contributed by atoms with Gasteiger partial charge in [-0.1, -0.05) is 0 Å². The minimum atomic E-state index is -0.353. The summed E-state index contributed by atoms with van der Waals surface area (Å²) in [6, 6.07) is 8.04. The van der Waals surface area contributed by atoms with Crippen LogP contribution in [0.4, 0.5) is 11.4 Å². The van der Waals surface area contributed by atoms with Crippen LogP contribution in [0.2, 0.25) is 0 Å². The van der Waals surface area contributed by atoms with Crippen LogP contribution >= 0.6 is 0 Å². The van der Waals surface area contributed by atoms with E-state index >= 15 is 0 Å². The molecule has 1 aromatic heterocycles. The summed E-state index contributed by atoms with van der Waals surface area (Å²) in [7, 11) is 5.40. The number of methoxy groups -OCH3 is 1. The number of carbonyl (C=O) groups is 1. The third-order valence-electron chi connectivity index (χ3n) is 3.94. The molecule has 122 valence electrons. The van der Waals surface area contributed by atoms with Crippen molar-refractivity contribution in [2.75, 3.05) is 44.2 Å². The number of H-pyrrole nitrogens is 1. The predicted octanol–water partition coefficient (Wildman–Crippen LogP) is 2.27. The predicted molar refractivity (Wildman–Crippen MR) is 89.4 cm³/mol. The van der Waals surface area contributed by atoms with Gasteiger partial charge in [0, 0.05) is 38.6 Å². The van der Waals surface area contributed by atoms with Crippen molar-refractivity contribution in [2.45, 2.75) is 6.54 Å². The molecule has 1 aromatic carbocycles. The van der Waals surface area contributed by atoms with Crippen LogP contribution in [0, 0.1) is 0 Å². The number of carbonyl (C=O) groups excluding carboxylic acids is 1. The normalized spacial score (nSPS) is 13.3. The molecule has 0 atom stereocenters. The van der Waals surface area contributed by atoms with E-state index in [0.29, 0.717) is 18.8 Å². The van der Waals surface area contributed by atoms with E-state index in [1.165, 1.54) is 7.11 Å². The lowest BCUT2D eigenvalue weighted by atomic mass is 10.2. The van der Waals surface area contributed by atoms with Gasteiger partial charge >= 0.3 is 5.97 Å². The Bertz CT molecular complexity index is 709. The van der Waals surface area contributed by atoms with Gasteiger partial charge < -0.3 is 24.3 Å². The molecule has 0 bridgehead atoms. The molecule has 6 nitrogen and oxygen atoms in total. The second-order valence-corrected chi connectivity index (χ2v) is 5.73. The van der Waals surface area contributed by atoms with Crippen LogP contribution in [-0.4, -0.2) is 45.3 Å². The Hall–Kier alpha value is -2.63. The minimum Gasteiger partial charge on any atom is -0.489 e. The summed E-state index contributed by atoms with van der Waals surface area (Å²) >= 11 is 0. The summed E-state index contributed by atoms with van der Waals surface area (Å²) in [6.07, 6.45) is 1.84. The number of anilines is 2. The molecular weight excluding hydrogens is 294 g/mol. The number of nitrogens with one attached hydrogen (secondary N) is 1. The smallest absolute Gasteiger partial charge is 0.354 e. The van der Waals surface area contributed by atoms with Crippen molar-refractivity contribution < 1.29 is 14.3 Å². The van der Waals surface area contributed by atoms with Gasteiger partial charge in [0.2, 0.25) is 0 Å². The molecule has 1 N–H and O–H groups in total. The summed E-state index contributed by atoms with van der Waals surface area (Å²) in [5.41, 5.74) is 3.69. The Morgan fingerprint density at radius 3 is 2.96 bits per heavy atom. The third-order valence-corrected chi connectivity index (χ3v) is 3.94. The molecule has 23 heavy (non-hydrogen) atoms. The Balaban J connectivity index is 1.80. The van der Waals surface area contributed by atoms with E-state index in [-0.39, 0.29) is 5.97 Å². The van der Waals surface area contributed by atoms with Gasteiger partial charge in [0.1, 0.15) is 18.1 Å². The lowest BCUT2D eigenvalue weighted by Crippen LogP contribution is -2.32. The zero-order valence-corrected chi connectivity index (χ0v) is 13.6. The zero-order chi connectivity index (χ0) is 16.4. The average molecular weight is 315 g/mol. The lowest BCUT2D eigenvalue weighted by molar-refractivity contribution is 0.0595. The fourth-order valence-corrected chi connectivity index (χ4v) is 2.69. The Morgan fingerprint density at radius 1 is 1.39 bits per heavy atom. The van der Waals surface area contributed by atoms with Crippen molar-refractivity contribution in [3.05, 3.63) is 41.7 Å². The molecule has 0 fully saturated rings. The largest absolute Gasteiger partial charge is 0.489 e. The number of hydrogen-bond acceptors (Lipinski definition) is 5. The van der Waals surface area contributed by atoms with Crippen molar-refractivity contribution >= 4 is 17.3 Å². The maximum absolute atomic E-state index is 11.5. The molecule has 1 aliphatic heterocycles. The first-order chi connectivity index (χ1) is 11.1. The molecule has 0 saturated carbocycles. The number of aromatic amines is 1. The first kappa shape index (κ1) is 15.3. The molecule has 2 aromatic rings. The zero-order valence-electron chi connectivity index (χ0n) is 13.6. The van der Waals surface area contributed by atoms with Crippen molar-refractivity contribution in [3.8, 4) is 5.75 Å². The van der Waals surface area contributed by atoms with Gasteiger partial charge in [-0.05, 0) is 23.8 Å². The van der Waals surface area contributed by atoms with E-state index in [1.54, 1.807) is 0 Å². The second-order valence-electron chi connectivity index (χ2n) is 5.73. The molecule has 0 saturated heterocycles. The molecule has 0 amide bonds. The van der Waals surface area contributed by atoms with Crippen LogP contribution in [0.3, 0.4) is 0 Å². The summed E-state index contributed by atoms with van der Waals surface area (Å²) in [4.78, 5) is 18.8. The summed E-state index contributed by atoms with van der Waals surface area (Å²) in [5, 5.41) is 0. The van der Waals surface area contributed by atoms with Crippen LogP contribution in [0.25, 0.3) is 0 Å². The SMILES string of the molecule is COC(=O)c1cc(CN2CCOc3cc(N(C)C)ccc32)c[nH]1. The van der Waals surface area contributed by atoms with E-state index in [9.17, 15) is 4.79 Å². The fraction of sp³-hybridized carbons (Fsp3) is 0.353. The van der Waals surface area contributed by atoms with Gasteiger partial charge in [-0.15, -0.1) is 0 Å². The van der Waals surface area contributed by atoms with Crippen LogP contribution in [0.1, 0.15) is 16.1 Å². The first-order valence-corrected chi connectivity index (χ1v) is 7.53. The highest BCUT2D eigenvalue weighted by molar-refractivity contribution is 5.87. The minimum absolute atomic E-state index is 0.353. The highest BCUT2D eigenvalue weighted by Crippen LogP contribution is 2.35. The van der Waals surface area contributed by atoms with E-state index in [4.69, 9.17) is 9.47 Å². The van der Waals surface area contributed by atoms with Gasteiger partial charge in [0.05, 0.1) is 19.3 Å². The number of benzene rings is 1. The number of esters is 1. The quantitative estimate of drug-likeness (QED) is 0.877. The van der Waals surface area contributed by atoms with E-state index in [0.717, 1.165) is 29.2 Å². The van der Waals surface area contributed by atoms with E-state index < -0.39 is 0 Å². The van der Waals surface area contributed by atoms with Crippen LogP contribution in [-0.2, 0) is 11.3 Å². The number of aromatic nitrogens is 1. The van der Waals surface area contributed by atoms with Crippen LogP contribution in [0.5, 0.6) is 5.75 Å². The molecular formula is C17H21N3O3. The molecule has 0 spiro atoms. The molecule has 6 heteroatoms. The highest BCUT2D eigenvalue weighted by Gasteiger charge is 2.20. The van der Waals surface area contributed by atoms with Crippen molar-refractivity contribution in [3.63, 3.8) is 0 Å². The van der Waals surface area contributed by atoms with Crippen molar-refractivity contribution in [1.82, 2.24) is 4.98 Å². The molecule has 1 aliphatic rings. The molecule has 2 heterocycles. The lowest BCUT2D eigenvalue weighted by Gasteiger charge is -2.31. The number of rotatable bonds is 4. The molecule has 0 radical (unpaired) electrons. The second kappa shape index (κ2) is 6.24. The standard InChI is InChI=1S/C17H21N3O3/c1-19(2)13-4-5-15-16(9-13)23-7-6-20(15)11-12-8-14(18-10-12)17(21)22-3/h4-5,8-10,18H,6-7,11H2,1-3H3. The van der Waals surface area contributed by atoms with Gasteiger partial charge in [-0.2, -0.15) is 0 Å². The fourth-order valence-electron chi connectivity index (χ4n) is 2.69.